The number of sulfonamides is 1. The maximum Gasteiger partial charge on any atom is 0.315 e. The van der Waals surface area contributed by atoms with Gasteiger partial charge < -0.3 is 15.4 Å². The molecule has 0 radical (unpaired) electrons. The van der Waals surface area contributed by atoms with Gasteiger partial charge in [0.1, 0.15) is 5.75 Å². The van der Waals surface area contributed by atoms with Crippen molar-refractivity contribution >= 4 is 16.1 Å². The zero-order valence-electron chi connectivity index (χ0n) is 19.2. The summed E-state index contributed by atoms with van der Waals surface area (Å²) in [5, 5.41) is 6.08. The van der Waals surface area contributed by atoms with Gasteiger partial charge in [0.25, 0.3) is 0 Å². The predicted octanol–water partition coefficient (Wildman–Crippen LogP) is 4.24. The Morgan fingerprint density at radius 2 is 1.56 bits per heavy atom. The normalized spacial score (nSPS) is 15.8. The van der Waals surface area contributed by atoms with E-state index < -0.39 is 10.0 Å². The molecule has 0 bridgehead atoms. The Balaban J connectivity index is 1.64. The number of ether oxygens (including phenoxy) is 1. The lowest BCUT2D eigenvalue weighted by molar-refractivity contribution is 0.232. The van der Waals surface area contributed by atoms with E-state index in [0.29, 0.717) is 19.0 Å². The second kappa shape index (κ2) is 10.4. The molecule has 2 atom stereocenters. The molecule has 8 heteroatoms. The molecule has 32 heavy (non-hydrogen) atoms. The number of hydrogen-bond acceptors (Lipinski definition) is 4. The van der Waals surface area contributed by atoms with Crippen LogP contribution in [0.2, 0.25) is 0 Å². The third kappa shape index (κ3) is 5.61. The quantitative estimate of drug-likeness (QED) is 0.556. The molecule has 1 saturated carbocycles. The number of hydrogen-bond donors (Lipinski definition) is 2. The molecule has 1 aliphatic carbocycles. The molecule has 174 valence electrons. The number of methoxy groups -OCH3 is 1. The van der Waals surface area contributed by atoms with Crippen LogP contribution in [0, 0.1) is 5.92 Å². The molecule has 3 rings (SSSR count). The highest BCUT2D eigenvalue weighted by molar-refractivity contribution is 7.89. The van der Waals surface area contributed by atoms with Crippen molar-refractivity contribution in [1.82, 2.24) is 14.9 Å². The van der Waals surface area contributed by atoms with Crippen LogP contribution in [0.3, 0.4) is 0 Å². The number of nitrogens with one attached hydrogen (secondary N) is 2. The standard InChI is InChI=1S/C24H33N3O4S/c1-5-27(6-2)32(29,30)22-15-11-18(12-16-22)17(3)25-24(28)26-23(19-7-8-19)20-9-13-21(31-4)14-10-20/h9-17,19,23H,5-8H2,1-4H3,(H2,25,26,28). The average molecular weight is 460 g/mol. The minimum Gasteiger partial charge on any atom is -0.497 e. The largest absolute Gasteiger partial charge is 0.497 e. The van der Waals surface area contributed by atoms with Crippen LogP contribution in [0.25, 0.3) is 0 Å². The van der Waals surface area contributed by atoms with Crippen LogP contribution in [-0.4, -0.2) is 39.0 Å². The van der Waals surface area contributed by atoms with E-state index in [1.165, 1.54) is 4.31 Å². The van der Waals surface area contributed by atoms with Gasteiger partial charge in [-0.25, -0.2) is 13.2 Å². The van der Waals surface area contributed by atoms with Crippen LogP contribution in [0.4, 0.5) is 4.79 Å². The van der Waals surface area contributed by atoms with Gasteiger partial charge in [-0.2, -0.15) is 4.31 Å². The first-order valence-electron chi connectivity index (χ1n) is 11.1. The number of benzene rings is 2. The predicted molar refractivity (Wildman–Crippen MR) is 125 cm³/mol. The summed E-state index contributed by atoms with van der Waals surface area (Å²) in [7, 11) is -1.87. The van der Waals surface area contributed by atoms with Crippen molar-refractivity contribution in [3.05, 3.63) is 59.7 Å². The Labute approximate surface area is 191 Å². The molecule has 0 spiro atoms. The molecule has 0 aromatic heterocycles. The summed E-state index contributed by atoms with van der Waals surface area (Å²) in [4.78, 5) is 13.0. The molecule has 2 aromatic carbocycles. The van der Waals surface area contributed by atoms with Crippen LogP contribution in [0.5, 0.6) is 5.75 Å². The van der Waals surface area contributed by atoms with E-state index >= 15 is 0 Å². The molecule has 0 aliphatic heterocycles. The Kier molecular flexibility index (Phi) is 7.79. The summed E-state index contributed by atoms with van der Waals surface area (Å²) >= 11 is 0. The molecular weight excluding hydrogens is 426 g/mol. The van der Waals surface area contributed by atoms with Gasteiger partial charge in [0.2, 0.25) is 10.0 Å². The van der Waals surface area contributed by atoms with Gasteiger partial charge in [-0.3, -0.25) is 0 Å². The lowest BCUT2D eigenvalue weighted by Crippen LogP contribution is -2.40. The highest BCUT2D eigenvalue weighted by Crippen LogP contribution is 2.41. The van der Waals surface area contributed by atoms with Gasteiger partial charge in [-0.15, -0.1) is 0 Å². The van der Waals surface area contributed by atoms with Gasteiger partial charge in [0.05, 0.1) is 24.1 Å². The van der Waals surface area contributed by atoms with E-state index in [2.05, 4.69) is 10.6 Å². The topological polar surface area (TPSA) is 87.7 Å². The van der Waals surface area contributed by atoms with Crippen molar-refractivity contribution in [3.63, 3.8) is 0 Å². The van der Waals surface area contributed by atoms with Gasteiger partial charge >= 0.3 is 6.03 Å². The second-order valence-corrected chi connectivity index (χ2v) is 10.0. The summed E-state index contributed by atoms with van der Waals surface area (Å²) in [5.41, 5.74) is 1.90. The monoisotopic (exact) mass is 459 g/mol. The van der Waals surface area contributed by atoms with Crippen LogP contribution in [0.1, 0.15) is 56.8 Å². The first-order chi connectivity index (χ1) is 15.3. The summed E-state index contributed by atoms with van der Waals surface area (Å²) in [6.07, 6.45) is 2.18. The van der Waals surface area contributed by atoms with Gasteiger partial charge in [0, 0.05) is 13.1 Å². The highest BCUT2D eigenvalue weighted by Gasteiger charge is 2.33. The summed E-state index contributed by atoms with van der Waals surface area (Å²) < 4.78 is 32.0. The minimum atomic E-state index is -3.50. The number of nitrogens with zero attached hydrogens (tertiary/aromatic N) is 1. The van der Waals surface area contributed by atoms with Crippen molar-refractivity contribution in [1.29, 1.82) is 0 Å². The molecular formula is C24H33N3O4S. The molecule has 1 fully saturated rings. The Bertz CT molecular complexity index is 999. The van der Waals surface area contributed by atoms with Crippen LogP contribution < -0.4 is 15.4 Å². The lowest BCUT2D eigenvalue weighted by Gasteiger charge is -2.22. The number of urea groups is 1. The minimum absolute atomic E-state index is 0.0466. The Hall–Kier alpha value is -2.58. The van der Waals surface area contributed by atoms with E-state index in [9.17, 15) is 13.2 Å². The molecule has 2 unspecified atom stereocenters. The second-order valence-electron chi connectivity index (χ2n) is 8.09. The average Bonchev–Trinajstić information content (AvgIpc) is 3.63. The fourth-order valence-electron chi connectivity index (χ4n) is 3.82. The number of amides is 2. The van der Waals surface area contributed by atoms with Crippen molar-refractivity contribution in [3.8, 4) is 5.75 Å². The molecule has 2 amide bonds. The smallest absolute Gasteiger partial charge is 0.315 e. The first-order valence-corrected chi connectivity index (χ1v) is 12.5. The number of rotatable bonds is 10. The third-order valence-electron chi connectivity index (χ3n) is 5.93. The summed E-state index contributed by atoms with van der Waals surface area (Å²) in [6, 6.07) is 13.9. The zero-order valence-corrected chi connectivity index (χ0v) is 20.0. The first kappa shape index (κ1) is 24.1. The SMILES string of the molecule is CCN(CC)S(=O)(=O)c1ccc(C(C)NC(=O)NC(c2ccc(OC)cc2)C2CC2)cc1. The van der Waals surface area contributed by atoms with Crippen LogP contribution in [-0.2, 0) is 10.0 Å². The van der Waals surface area contributed by atoms with Crippen molar-refractivity contribution in [2.75, 3.05) is 20.2 Å². The summed E-state index contributed by atoms with van der Waals surface area (Å²) in [5.74, 6) is 1.22. The van der Waals surface area contributed by atoms with Crippen LogP contribution in [0.15, 0.2) is 53.4 Å². The van der Waals surface area contributed by atoms with E-state index in [1.807, 2.05) is 45.0 Å². The Morgan fingerprint density at radius 1 is 1.00 bits per heavy atom. The molecule has 2 aromatic rings. The van der Waals surface area contributed by atoms with E-state index in [1.54, 1.807) is 31.4 Å². The third-order valence-corrected chi connectivity index (χ3v) is 7.99. The van der Waals surface area contributed by atoms with Crippen molar-refractivity contribution < 1.29 is 17.9 Å². The van der Waals surface area contributed by atoms with E-state index in [0.717, 1.165) is 29.7 Å². The number of carbonyl (C=O) groups is 1. The molecule has 7 nitrogen and oxygen atoms in total. The van der Waals surface area contributed by atoms with Crippen molar-refractivity contribution in [2.24, 2.45) is 5.92 Å². The van der Waals surface area contributed by atoms with Gasteiger partial charge in [0.15, 0.2) is 0 Å². The van der Waals surface area contributed by atoms with Gasteiger partial charge in [-0.1, -0.05) is 38.1 Å². The number of carbonyl (C=O) groups excluding carboxylic acids is 1. The summed E-state index contributed by atoms with van der Waals surface area (Å²) in [6.45, 7) is 6.37. The fourth-order valence-corrected chi connectivity index (χ4v) is 5.28. The van der Waals surface area contributed by atoms with E-state index in [-0.39, 0.29) is 23.0 Å². The lowest BCUT2D eigenvalue weighted by atomic mass is 10.0. The fraction of sp³-hybridized carbons (Fsp3) is 0.458. The molecule has 1 aliphatic rings. The molecule has 0 heterocycles. The van der Waals surface area contributed by atoms with Crippen molar-refractivity contribution in [2.45, 2.75) is 50.6 Å². The zero-order chi connectivity index (χ0) is 23.3. The van der Waals surface area contributed by atoms with E-state index in [4.69, 9.17) is 4.74 Å². The Morgan fingerprint density at radius 3 is 2.06 bits per heavy atom. The van der Waals surface area contributed by atoms with Crippen LogP contribution >= 0.6 is 0 Å². The molecule has 2 N–H and O–H groups in total. The maximum absolute atomic E-state index is 12.7. The maximum atomic E-state index is 12.7. The van der Waals surface area contributed by atoms with Gasteiger partial charge in [-0.05, 0) is 61.1 Å². The molecule has 0 saturated heterocycles. The highest BCUT2D eigenvalue weighted by atomic mass is 32.2.